The topological polar surface area (TPSA) is 68.3 Å². The first kappa shape index (κ1) is 19.8. The van der Waals surface area contributed by atoms with Crippen molar-refractivity contribution >= 4 is 28.9 Å². The molecule has 3 aromatic rings. The molecule has 28 heavy (non-hydrogen) atoms. The molecule has 7 heteroatoms. The van der Waals surface area contributed by atoms with E-state index in [1.807, 2.05) is 56.3 Å². The van der Waals surface area contributed by atoms with Gasteiger partial charge in [0.05, 0.1) is 14.2 Å². The molecule has 0 saturated carbocycles. The van der Waals surface area contributed by atoms with Gasteiger partial charge in [0.15, 0.2) is 11.5 Å². The summed E-state index contributed by atoms with van der Waals surface area (Å²) < 4.78 is 10.6. The minimum atomic E-state index is 0.590. The van der Waals surface area contributed by atoms with Crippen molar-refractivity contribution < 1.29 is 9.47 Å². The zero-order chi connectivity index (χ0) is 20.1. The van der Waals surface area contributed by atoms with E-state index in [1.54, 1.807) is 14.2 Å². The molecule has 0 fully saturated rings. The molecule has 0 unspecified atom stereocenters. The predicted molar refractivity (Wildman–Crippen MR) is 113 cm³/mol. The number of benzene rings is 2. The number of aryl methyl sites for hydroxylation is 1. The molecule has 2 N–H and O–H groups in total. The van der Waals surface area contributed by atoms with Crippen molar-refractivity contribution in [1.29, 1.82) is 0 Å². The van der Waals surface area contributed by atoms with E-state index in [1.165, 1.54) is 0 Å². The number of hydrogen-bond donors (Lipinski definition) is 2. The summed E-state index contributed by atoms with van der Waals surface area (Å²) in [6, 6.07) is 13.4. The van der Waals surface area contributed by atoms with Crippen LogP contribution in [0.4, 0.5) is 17.3 Å². The smallest absolute Gasteiger partial charge is 0.161 e. The van der Waals surface area contributed by atoms with Gasteiger partial charge in [-0.15, -0.1) is 0 Å². The first-order chi connectivity index (χ1) is 13.5. The number of rotatable bonds is 7. The molecule has 1 heterocycles. The van der Waals surface area contributed by atoms with Gasteiger partial charge in [0.1, 0.15) is 17.5 Å². The van der Waals surface area contributed by atoms with Gasteiger partial charge in [0, 0.05) is 23.3 Å². The quantitative estimate of drug-likeness (QED) is 0.575. The lowest BCUT2D eigenvalue weighted by atomic mass is 10.2. The van der Waals surface area contributed by atoms with Gasteiger partial charge >= 0.3 is 0 Å². The molecule has 0 amide bonds. The zero-order valence-electron chi connectivity index (χ0n) is 16.3. The Morgan fingerprint density at radius 1 is 0.929 bits per heavy atom. The lowest BCUT2D eigenvalue weighted by Crippen LogP contribution is -2.06. The van der Waals surface area contributed by atoms with Gasteiger partial charge in [-0.1, -0.05) is 23.7 Å². The van der Waals surface area contributed by atoms with Crippen LogP contribution in [0.3, 0.4) is 0 Å². The van der Waals surface area contributed by atoms with Gasteiger partial charge in [-0.25, -0.2) is 9.97 Å². The Hall–Kier alpha value is -2.99. The number of halogens is 1. The van der Waals surface area contributed by atoms with Crippen molar-refractivity contribution in [2.45, 2.75) is 20.4 Å². The number of hydrogen-bond acceptors (Lipinski definition) is 6. The van der Waals surface area contributed by atoms with Crippen LogP contribution in [-0.4, -0.2) is 24.2 Å². The third-order valence-electron chi connectivity index (χ3n) is 4.29. The summed E-state index contributed by atoms with van der Waals surface area (Å²) in [6.45, 7) is 4.42. The Morgan fingerprint density at radius 2 is 1.68 bits per heavy atom. The van der Waals surface area contributed by atoms with Gasteiger partial charge < -0.3 is 20.1 Å². The highest BCUT2D eigenvalue weighted by Crippen LogP contribution is 2.28. The van der Waals surface area contributed by atoms with Crippen LogP contribution in [0.15, 0.2) is 42.5 Å². The molecule has 0 atom stereocenters. The second kappa shape index (κ2) is 8.80. The Balaban J connectivity index is 1.76. The molecule has 146 valence electrons. The summed E-state index contributed by atoms with van der Waals surface area (Å²) in [7, 11) is 3.24. The van der Waals surface area contributed by atoms with Gasteiger partial charge in [-0.3, -0.25) is 0 Å². The highest BCUT2D eigenvalue weighted by Gasteiger charge is 2.08. The minimum Gasteiger partial charge on any atom is -0.493 e. The van der Waals surface area contributed by atoms with Crippen molar-refractivity contribution in [1.82, 2.24) is 9.97 Å². The molecule has 0 saturated heterocycles. The van der Waals surface area contributed by atoms with E-state index in [0.29, 0.717) is 34.7 Å². The Kier molecular flexibility index (Phi) is 6.21. The highest BCUT2D eigenvalue weighted by atomic mass is 35.5. The number of nitrogens with zero attached hydrogens (tertiary/aromatic N) is 2. The lowest BCUT2D eigenvalue weighted by molar-refractivity contribution is 0.354. The number of aromatic nitrogens is 2. The van der Waals surface area contributed by atoms with Crippen LogP contribution in [-0.2, 0) is 6.54 Å². The summed E-state index contributed by atoms with van der Waals surface area (Å²) >= 11 is 6.20. The molecule has 0 aliphatic rings. The SMILES string of the molecule is COc1ccc(CNc2cc(Nc3cccc(Cl)c3C)nc(C)n2)cc1OC. The average molecular weight is 399 g/mol. The molecular weight excluding hydrogens is 376 g/mol. The van der Waals surface area contributed by atoms with E-state index < -0.39 is 0 Å². The molecule has 3 rings (SSSR count). The number of nitrogens with one attached hydrogen (secondary N) is 2. The van der Waals surface area contributed by atoms with Gasteiger partial charge in [-0.2, -0.15) is 0 Å². The maximum Gasteiger partial charge on any atom is 0.161 e. The molecule has 0 aliphatic heterocycles. The molecule has 6 nitrogen and oxygen atoms in total. The van der Waals surface area contributed by atoms with Gasteiger partial charge in [0.25, 0.3) is 0 Å². The van der Waals surface area contributed by atoms with Crippen molar-refractivity contribution in [2.75, 3.05) is 24.9 Å². The first-order valence-corrected chi connectivity index (χ1v) is 9.20. The van der Waals surface area contributed by atoms with Crippen molar-refractivity contribution in [3.8, 4) is 11.5 Å². The van der Waals surface area contributed by atoms with Gasteiger partial charge in [-0.05, 0) is 49.2 Å². The summed E-state index contributed by atoms with van der Waals surface area (Å²) in [5, 5.41) is 7.35. The zero-order valence-corrected chi connectivity index (χ0v) is 17.1. The molecule has 0 radical (unpaired) electrons. The largest absolute Gasteiger partial charge is 0.493 e. The van der Waals surface area contributed by atoms with Crippen molar-refractivity contribution in [3.05, 3.63) is 64.4 Å². The normalized spacial score (nSPS) is 10.5. The Labute approximate surface area is 169 Å². The summed E-state index contributed by atoms with van der Waals surface area (Å²) in [6.07, 6.45) is 0. The van der Waals surface area contributed by atoms with Crippen LogP contribution < -0.4 is 20.1 Å². The van der Waals surface area contributed by atoms with Crippen LogP contribution in [0.2, 0.25) is 5.02 Å². The van der Waals surface area contributed by atoms with Crippen molar-refractivity contribution in [2.24, 2.45) is 0 Å². The maximum absolute atomic E-state index is 6.20. The Bertz CT molecular complexity index is 979. The molecule has 2 aromatic carbocycles. The monoisotopic (exact) mass is 398 g/mol. The fourth-order valence-electron chi connectivity index (χ4n) is 2.79. The molecule has 0 bridgehead atoms. The predicted octanol–water partition coefficient (Wildman–Crippen LogP) is 5.12. The van der Waals surface area contributed by atoms with E-state index in [0.717, 1.165) is 22.6 Å². The second-order valence-corrected chi connectivity index (χ2v) is 6.67. The minimum absolute atomic E-state index is 0.590. The summed E-state index contributed by atoms with van der Waals surface area (Å²) in [4.78, 5) is 8.93. The fraction of sp³-hybridized carbons (Fsp3) is 0.238. The van der Waals surface area contributed by atoms with E-state index in [4.69, 9.17) is 21.1 Å². The van der Waals surface area contributed by atoms with Gasteiger partial charge in [0.2, 0.25) is 0 Å². The maximum atomic E-state index is 6.20. The van der Waals surface area contributed by atoms with Crippen LogP contribution >= 0.6 is 11.6 Å². The number of anilines is 3. The average Bonchev–Trinajstić information content (AvgIpc) is 2.69. The molecule has 0 aliphatic carbocycles. The van der Waals surface area contributed by atoms with Crippen LogP contribution in [0.5, 0.6) is 11.5 Å². The van der Waals surface area contributed by atoms with Crippen molar-refractivity contribution in [3.63, 3.8) is 0 Å². The first-order valence-electron chi connectivity index (χ1n) is 8.82. The lowest BCUT2D eigenvalue weighted by Gasteiger charge is -2.13. The fourth-order valence-corrected chi connectivity index (χ4v) is 2.96. The van der Waals surface area contributed by atoms with Crippen LogP contribution in [0.1, 0.15) is 17.0 Å². The van der Waals surface area contributed by atoms with E-state index in [2.05, 4.69) is 20.6 Å². The second-order valence-electron chi connectivity index (χ2n) is 6.27. The molecule has 0 spiro atoms. The Morgan fingerprint density at radius 3 is 2.43 bits per heavy atom. The third kappa shape index (κ3) is 4.64. The van der Waals surface area contributed by atoms with E-state index >= 15 is 0 Å². The molecular formula is C21H23ClN4O2. The standard InChI is InChI=1S/C21H23ClN4O2/c1-13-16(22)6-5-7-17(13)26-21-11-20(24-14(2)25-21)23-12-15-8-9-18(27-3)19(10-15)28-4/h5-11H,12H2,1-4H3,(H2,23,24,25,26). The van der Waals surface area contributed by atoms with E-state index in [9.17, 15) is 0 Å². The highest BCUT2D eigenvalue weighted by molar-refractivity contribution is 6.31. The number of methoxy groups -OCH3 is 2. The van der Waals surface area contributed by atoms with Crippen LogP contribution in [0, 0.1) is 13.8 Å². The third-order valence-corrected chi connectivity index (χ3v) is 4.70. The summed E-state index contributed by atoms with van der Waals surface area (Å²) in [5.41, 5.74) is 2.94. The van der Waals surface area contributed by atoms with E-state index in [-0.39, 0.29) is 0 Å². The summed E-state index contributed by atoms with van der Waals surface area (Å²) in [5.74, 6) is 3.49. The molecule has 1 aromatic heterocycles. The van der Waals surface area contributed by atoms with Crippen LogP contribution in [0.25, 0.3) is 0 Å². The number of ether oxygens (including phenoxy) is 2.